The molecule has 0 aliphatic carbocycles. The number of esters is 1. The number of carbonyl (C=O) groups is 1. The zero-order chi connectivity index (χ0) is 14.8. The maximum absolute atomic E-state index is 11.6. The van der Waals surface area contributed by atoms with E-state index >= 15 is 0 Å². The molecule has 1 saturated heterocycles. The molecule has 0 radical (unpaired) electrons. The molecule has 1 aromatic carbocycles. The minimum Gasteiger partial charge on any atom is -0.465 e. The molecule has 0 bridgehead atoms. The highest BCUT2D eigenvalue weighted by molar-refractivity contribution is 7.91. The second-order valence-electron chi connectivity index (χ2n) is 5.12. The number of sulfone groups is 1. The Labute approximate surface area is 119 Å². The van der Waals surface area contributed by atoms with Crippen molar-refractivity contribution in [3.63, 3.8) is 0 Å². The van der Waals surface area contributed by atoms with Crippen molar-refractivity contribution in [2.45, 2.75) is 25.8 Å². The van der Waals surface area contributed by atoms with Crippen LogP contribution in [-0.4, -0.2) is 39.0 Å². The fraction of sp³-hybridized carbons (Fsp3) is 0.500. The van der Waals surface area contributed by atoms with Crippen LogP contribution in [0.15, 0.2) is 18.2 Å². The number of rotatable bonds is 3. The lowest BCUT2D eigenvalue weighted by molar-refractivity contribution is 0.0601. The Hall–Kier alpha value is -1.56. The molecule has 1 N–H and O–H groups in total. The predicted octanol–water partition coefficient (Wildman–Crippen LogP) is 1.77. The fourth-order valence-corrected chi connectivity index (χ4v) is 4.02. The standard InChI is InChI=1S/C14H19NO4S/c1-10-5-6-11(14(16)19-2)8-13(10)15-12-4-3-7-20(17,18)9-12/h5-6,8,12,15H,3-4,7,9H2,1-2H3. The van der Waals surface area contributed by atoms with Gasteiger partial charge in [-0.05, 0) is 37.5 Å². The van der Waals surface area contributed by atoms with Gasteiger partial charge < -0.3 is 10.1 Å². The quantitative estimate of drug-likeness (QED) is 0.861. The maximum Gasteiger partial charge on any atom is 0.337 e. The molecule has 0 aromatic heterocycles. The number of benzene rings is 1. The van der Waals surface area contributed by atoms with Crippen molar-refractivity contribution in [2.24, 2.45) is 0 Å². The summed E-state index contributed by atoms with van der Waals surface area (Å²) >= 11 is 0. The van der Waals surface area contributed by atoms with Crippen LogP contribution in [0.5, 0.6) is 0 Å². The van der Waals surface area contributed by atoms with Gasteiger partial charge in [0.05, 0.1) is 24.2 Å². The normalized spacial score (nSPS) is 21.2. The predicted molar refractivity (Wildman–Crippen MR) is 77.8 cm³/mol. The molecule has 0 saturated carbocycles. The van der Waals surface area contributed by atoms with Gasteiger partial charge >= 0.3 is 5.97 Å². The van der Waals surface area contributed by atoms with Gasteiger partial charge in [0.2, 0.25) is 0 Å². The average molecular weight is 297 g/mol. The van der Waals surface area contributed by atoms with Crippen LogP contribution in [0.4, 0.5) is 5.69 Å². The number of aryl methyl sites for hydroxylation is 1. The van der Waals surface area contributed by atoms with Crippen molar-refractivity contribution in [3.05, 3.63) is 29.3 Å². The van der Waals surface area contributed by atoms with E-state index in [1.807, 2.05) is 13.0 Å². The van der Waals surface area contributed by atoms with E-state index in [4.69, 9.17) is 4.74 Å². The van der Waals surface area contributed by atoms with Gasteiger partial charge in [-0.25, -0.2) is 13.2 Å². The van der Waals surface area contributed by atoms with E-state index in [1.165, 1.54) is 7.11 Å². The lowest BCUT2D eigenvalue weighted by atomic mass is 10.1. The van der Waals surface area contributed by atoms with E-state index in [-0.39, 0.29) is 17.5 Å². The number of nitrogens with one attached hydrogen (secondary N) is 1. The van der Waals surface area contributed by atoms with Gasteiger partial charge in [-0.2, -0.15) is 0 Å². The van der Waals surface area contributed by atoms with Gasteiger partial charge in [0.1, 0.15) is 0 Å². The molecule has 1 unspecified atom stereocenters. The molecular formula is C14H19NO4S. The van der Waals surface area contributed by atoms with Crippen LogP contribution in [-0.2, 0) is 14.6 Å². The Balaban J connectivity index is 2.18. The van der Waals surface area contributed by atoms with Gasteiger partial charge in [0.15, 0.2) is 9.84 Å². The minimum absolute atomic E-state index is 0.0969. The minimum atomic E-state index is -2.95. The van der Waals surface area contributed by atoms with Crippen LogP contribution in [0.1, 0.15) is 28.8 Å². The van der Waals surface area contributed by atoms with E-state index in [2.05, 4.69) is 5.32 Å². The third-order valence-corrected chi connectivity index (χ3v) is 5.30. The highest BCUT2D eigenvalue weighted by Crippen LogP contribution is 2.22. The van der Waals surface area contributed by atoms with Gasteiger partial charge in [-0.15, -0.1) is 0 Å². The van der Waals surface area contributed by atoms with Gasteiger partial charge in [0.25, 0.3) is 0 Å². The lowest BCUT2D eigenvalue weighted by Gasteiger charge is -2.25. The monoisotopic (exact) mass is 297 g/mol. The molecule has 1 heterocycles. The van der Waals surface area contributed by atoms with Crippen molar-refractivity contribution in [1.82, 2.24) is 0 Å². The molecule has 6 heteroatoms. The van der Waals surface area contributed by atoms with Crippen molar-refractivity contribution < 1.29 is 17.9 Å². The Bertz CT molecular complexity index is 610. The van der Waals surface area contributed by atoms with Crippen LogP contribution in [0.3, 0.4) is 0 Å². The fourth-order valence-electron chi connectivity index (χ4n) is 2.38. The van der Waals surface area contributed by atoms with E-state index in [0.29, 0.717) is 12.0 Å². The summed E-state index contributed by atoms with van der Waals surface area (Å²) in [6.07, 6.45) is 1.50. The molecular weight excluding hydrogens is 278 g/mol. The zero-order valence-electron chi connectivity index (χ0n) is 11.7. The molecule has 1 atom stereocenters. The van der Waals surface area contributed by atoms with Crippen LogP contribution in [0, 0.1) is 6.92 Å². The maximum atomic E-state index is 11.6. The summed E-state index contributed by atoms with van der Waals surface area (Å²) in [5.74, 6) is 0.0191. The number of anilines is 1. The smallest absolute Gasteiger partial charge is 0.337 e. The highest BCUT2D eigenvalue weighted by atomic mass is 32.2. The number of methoxy groups -OCH3 is 1. The molecule has 1 aliphatic heterocycles. The SMILES string of the molecule is COC(=O)c1ccc(C)c(NC2CCCS(=O)(=O)C2)c1. The molecule has 0 amide bonds. The molecule has 20 heavy (non-hydrogen) atoms. The van der Waals surface area contributed by atoms with Crippen LogP contribution >= 0.6 is 0 Å². The van der Waals surface area contributed by atoms with E-state index < -0.39 is 15.8 Å². The number of carbonyl (C=O) groups excluding carboxylic acids is 1. The van der Waals surface area contributed by atoms with Crippen molar-refractivity contribution in [3.8, 4) is 0 Å². The molecule has 110 valence electrons. The van der Waals surface area contributed by atoms with Gasteiger partial charge in [-0.3, -0.25) is 0 Å². The lowest BCUT2D eigenvalue weighted by Crippen LogP contribution is -2.35. The van der Waals surface area contributed by atoms with E-state index in [9.17, 15) is 13.2 Å². The Morgan fingerprint density at radius 2 is 2.15 bits per heavy atom. The first-order valence-corrected chi connectivity index (χ1v) is 8.39. The number of ether oxygens (including phenoxy) is 1. The first-order valence-electron chi connectivity index (χ1n) is 6.57. The number of hydrogen-bond donors (Lipinski definition) is 1. The molecule has 1 aromatic rings. The van der Waals surface area contributed by atoms with Gasteiger partial charge in [-0.1, -0.05) is 6.07 Å². The van der Waals surface area contributed by atoms with Gasteiger partial charge in [0, 0.05) is 11.7 Å². The molecule has 1 fully saturated rings. The second kappa shape index (κ2) is 5.83. The average Bonchev–Trinajstić information content (AvgIpc) is 2.39. The Kier molecular flexibility index (Phi) is 4.32. The van der Waals surface area contributed by atoms with E-state index in [1.54, 1.807) is 12.1 Å². The topological polar surface area (TPSA) is 72.5 Å². The highest BCUT2D eigenvalue weighted by Gasteiger charge is 2.25. The second-order valence-corrected chi connectivity index (χ2v) is 7.35. The van der Waals surface area contributed by atoms with Crippen molar-refractivity contribution in [1.29, 1.82) is 0 Å². The van der Waals surface area contributed by atoms with Crippen LogP contribution < -0.4 is 5.32 Å². The largest absolute Gasteiger partial charge is 0.465 e. The summed E-state index contributed by atoms with van der Waals surface area (Å²) in [7, 11) is -1.61. The van der Waals surface area contributed by atoms with Crippen LogP contribution in [0.2, 0.25) is 0 Å². The number of hydrogen-bond acceptors (Lipinski definition) is 5. The summed E-state index contributed by atoms with van der Waals surface area (Å²) < 4.78 is 28.0. The Morgan fingerprint density at radius 3 is 2.80 bits per heavy atom. The Morgan fingerprint density at radius 1 is 1.40 bits per heavy atom. The first-order chi connectivity index (χ1) is 9.41. The summed E-state index contributed by atoms with van der Waals surface area (Å²) in [6.45, 7) is 1.92. The van der Waals surface area contributed by atoms with E-state index in [0.717, 1.165) is 17.7 Å². The summed E-state index contributed by atoms with van der Waals surface area (Å²) in [4.78, 5) is 11.5. The van der Waals surface area contributed by atoms with Crippen molar-refractivity contribution >= 4 is 21.5 Å². The third kappa shape index (κ3) is 3.50. The first kappa shape index (κ1) is 14.8. The molecule has 5 nitrogen and oxygen atoms in total. The molecule has 0 spiro atoms. The molecule has 1 aliphatic rings. The summed E-state index contributed by atoms with van der Waals surface area (Å²) in [5.41, 5.74) is 2.22. The molecule has 2 rings (SSSR count). The third-order valence-electron chi connectivity index (χ3n) is 3.48. The zero-order valence-corrected chi connectivity index (χ0v) is 12.5. The summed E-state index contributed by atoms with van der Waals surface area (Å²) in [6, 6.07) is 5.14. The van der Waals surface area contributed by atoms with Crippen molar-refractivity contribution in [2.75, 3.05) is 23.9 Å². The van der Waals surface area contributed by atoms with Crippen LogP contribution in [0.25, 0.3) is 0 Å². The summed E-state index contributed by atoms with van der Waals surface area (Å²) in [5, 5.41) is 3.24.